The van der Waals surface area contributed by atoms with Gasteiger partial charge in [0.2, 0.25) is 0 Å². The monoisotopic (exact) mass is 308 g/mol. The Kier molecular flexibility index (Phi) is 6.17. The normalized spacial score (nSPS) is 33.5. The van der Waals surface area contributed by atoms with Crippen molar-refractivity contribution in [2.45, 2.75) is 89.3 Å². The highest BCUT2D eigenvalue weighted by Gasteiger charge is 2.33. The molecule has 0 bridgehead atoms. The third kappa shape index (κ3) is 4.46. The van der Waals surface area contributed by atoms with Gasteiger partial charge in [0.1, 0.15) is 0 Å². The van der Waals surface area contributed by atoms with Gasteiger partial charge in [0.15, 0.2) is 0 Å². The van der Waals surface area contributed by atoms with Crippen LogP contribution in [0.25, 0.3) is 0 Å². The van der Waals surface area contributed by atoms with Crippen molar-refractivity contribution in [1.29, 1.82) is 0 Å². The molecule has 0 aromatic heterocycles. The Morgan fingerprint density at radius 2 is 1.77 bits per heavy atom. The van der Waals surface area contributed by atoms with Crippen LogP contribution in [0.1, 0.15) is 71.1 Å². The van der Waals surface area contributed by atoms with Crippen molar-refractivity contribution in [2.75, 3.05) is 19.6 Å². The van der Waals surface area contributed by atoms with Crippen molar-refractivity contribution in [1.82, 2.24) is 10.2 Å². The standard InChI is InChI=1S/C19H36N2O/c1-2-19(22)16-11-18(20-17-9-4-3-5-10-17)14-21(13-16)12-15-7-6-8-15/h15-20,22H,2-14H2,1H3. The van der Waals surface area contributed by atoms with E-state index in [0.717, 1.165) is 24.9 Å². The van der Waals surface area contributed by atoms with Crippen LogP contribution in [-0.2, 0) is 0 Å². The highest BCUT2D eigenvalue weighted by atomic mass is 16.3. The van der Waals surface area contributed by atoms with Gasteiger partial charge < -0.3 is 15.3 Å². The minimum absolute atomic E-state index is 0.111. The second-order valence-corrected chi connectivity index (χ2v) is 8.19. The quantitative estimate of drug-likeness (QED) is 0.791. The van der Waals surface area contributed by atoms with Crippen molar-refractivity contribution in [2.24, 2.45) is 11.8 Å². The van der Waals surface area contributed by atoms with Crippen LogP contribution in [0.2, 0.25) is 0 Å². The lowest BCUT2D eigenvalue weighted by Crippen LogP contribution is -2.55. The van der Waals surface area contributed by atoms with Crippen LogP contribution in [0, 0.1) is 11.8 Å². The Labute approximate surface area is 136 Å². The first-order valence-corrected chi connectivity index (χ1v) is 9.91. The first-order chi connectivity index (χ1) is 10.7. The molecule has 1 aliphatic heterocycles. The molecule has 3 unspecified atom stereocenters. The Morgan fingerprint density at radius 1 is 1.00 bits per heavy atom. The van der Waals surface area contributed by atoms with Crippen molar-refractivity contribution in [3.05, 3.63) is 0 Å². The fourth-order valence-electron chi connectivity index (χ4n) is 4.76. The van der Waals surface area contributed by atoms with E-state index in [1.807, 2.05) is 0 Å². The summed E-state index contributed by atoms with van der Waals surface area (Å²) < 4.78 is 0. The van der Waals surface area contributed by atoms with E-state index in [1.165, 1.54) is 70.9 Å². The maximum Gasteiger partial charge on any atom is 0.0578 e. The summed E-state index contributed by atoms with van der Waals surface area (Å²) in [7, 11) is 0. The van der Waals surface area contributed by atoms with Crippen LogP contribution in [0.15, 0.2) is 0 Å². The molecule has 3 nitrogen and oxygen atoms in total. The molecule has 0 amide bonds. The van der Waals surface area contributed by atoms with Gasteiger partial charge in [0.05, 0.1) is 6.10 Å². The molecular weight excluding hydrogens is 272 g/mol. The molecule has 3 atom stereocenters. The van der Waals surface area contributed by atoms with E-state index < -0.39 is 0 Å². The van der Waals surface area contributed by atoms with Crippen molar-refractivity contribution in [3.8, 4) is 0 Å². The molecule has 0 aromatic carbocycles. The lowest BCUT2D eigenvalue weighted by atomic mass is 9.82. The number of aliphatic hydroxyl groups excluding tert-OH is 1. The molecule has 3 fully saturated rings. The van der Waals surface area contributed by atoms with Crippen LogP contribution in [0.3, 0.4) is 0 Å². The third-order valence-electron chi connectivity index (χ3n) is 6.34. The summed E-state index contributed by atoms with van der Waals surface area (Å²) in [5.41, 5.74) is 0. The third-order valence-corrected chi connectivity index (χ3v) is 6.34. The van der Waals surface area contributed by atoms with Gasteiger partial charge in [-0.2, -0.15) is 0 Å². The second-order valence-electron chi connectivity index (χ2n) is 8.19. The molecule has 3 rings (SSSR count). The van der Waals surface area contributed by atoms with E-state index >= 15 is 0 Å². The smallest absolute Gasteiger partial charge is 0.0578 e. The molecule has 2 saturated carbocycles. The summed E-state index contributed by atoms with van der Waals surface area (Å²) in [4.78, 5) is 2.66. The number of hydrogen-bond donors (Lipinski definition) is 2. The molecule has 2 aliphatic carbocycles. The Hall–Kier alpha value is -0.120. The van der Waals surface area contributed by atoms with Gasteiger partial charge >= 0.3 is 0 Å². The number of piperidine rings is 1. The first-order valence-electron chi connectivity index (χ1n) is 9.91. The zero-order valence-corrected chi connectivity index (χ0v) is 14.5. The largest absolute Gasteiger partial charge is 0.393 e. The van der Waals surface area contributed by atoms with Gasteiger partial charge in [-0.3, -0.25) is 0 Å². The van der Waals surface area contributed by atoms with Crippen LogP contribution in [-0.4, -0.2) is 47.8 Å². The van der Waals surface area contributed by atoms with E-state index in [9.17, 15) is 5.11 Å². The number of nitrogens with zero attached hydrogens (tertiary/aromatic N) is 1. The number of rotatable bonds is 6. The van der Waals surface area contributed by atoms with E-state index in [4.69, 9.17) is 0 Å². The predicted octanol–water partition coefficient (Wildman–Crippen LogP) is 3.17. The fraction of sp³-hybridized carbons (Fsp3) is 1.00. The highest BCUT2D eigenvalue weighted by molar-refractivity contribution is 4.90. The molecule has 3 aliphatic rings. The topological polar surface area (TPSA) is 35.5 Å². The molecule has 0 spiro atoms. The molecule has 3 heteroatoms. The summed E-state index contributed by atoms with van der Waals surface area (Å²) in [6.45, 7) is 5.73. The summed E-state index contributed by atoms with van der Waals surface area (Å²) in [6.07, 6.45) is 13.2. The van der Waals surface area contributed by atoms with Crippen LogP contribution in [0.5, 0.6) is 0 Å². The van der Waals surface area contributed by atoms with E-state index in [2.05, 4.69) is 17.1 Å². The van der Waals surface area contributed by atoms with Crippen LogP contribution in [0.4, 0.5) is 0 Å². The fourth-order valence-corrected chi connectivity index (χ4v) is 4.76. The molecule has 0 radical (unpaired) electrons. The van der Waals surface area contributed by atoms with E-state index in [-0.39, 0.29) is 6.10 Å². The molecule has 0 aromatic rings. The molecule has 1 saturated heterocycles. The Morgan fingerprint density at radius 3 is 2.41 bits per heavy atom. The van der Waals surface area contributed by atoms with Crippen LogP contribution >= 0.6 is 0 Å². The maximum absolute atomic E-state index is 10.4. The maximum atomic E-state index is 10.4. The number of likely N-dealkylation sites (tertiary alicyclic amines) is 1. The molecule has 22 heavy (non-hydrogen) atoms. The Bertz CT molecular complexity index is 323. The SMILES string of the molecule is CCC(O)C1CC(NC2CCCCC2)CN(CC2CCC2)C1. The van der Waals surface area contributed by atoms with Gasteiger partial charge in [0.25, 0.3) is 0 Å². The average molecular weight is 309 g/mol. The zero-order valence-electron chi connectivity index (χ0n) is 14.5. The van der Waals surface area contributed by atoms with Crippen molar-refractivity contribution < 1.29 is 5.11 Å². The van der Waals surface area contributed by atoms with Gasteiger partial charge in [0, 0.05) is 31.7 Å². The van der Waals surface area contributed by atoms with Gasteiger partial charge in [-0.15, -0.1) is 0 Å². The van der Waals surface area contributed by atoms with E-state index in [0.29, 0.717) is 12.0 Å². The first kappa shape index (κ1) is 16.7. The van der Waals surface area contributed by atoms with Crippen molar-refractivity contribution >= 4 is 0 Å². The Balaban J connectivity index is 1.54. The number of hydrogen-bond acceptors (Lipinski definition) is 3. The van der Waals surface area contributed by atoms with E-state index in [1.54, 1.807) is 0 Å². The summed E-state index contributed by atoms with van der Waals surface area (Å²) >= 11 is 0. The summed E-state index contributed by atoms with van der Waals surface area (Å²) in [6, 6.07) is 1.34. The molecule has 2 N–H and O–H groups in total. The summed E-state index contributed by atoms with van der Waals surface area (Å²) in [5.74, 6) is 1.41. The lowest BCUT2D eigenvalue weighted by molar-refractivity contribution is 0.0220. The summed E-state index contributed by atoms with van der Waals surface area (Å²) in [5, 5.41) is 14.3. The van der Waals surface area contributed by atoms with Gasteiger partial charge in [-0.1, -0.05) is 32.6 Å². The number of aliphatic hydroxyl groups is 1. The van der Waals surface area contributed by atoms with Gasteiger partial charge in [-0.05, 0) is 50.4 Å². The average Bonchev–Trinajstić information content (AvgIpc) is 2.51. The van der Waals surface area contributed by atoms with Gasteiger partial charge in [-0.25, -0.2) is 0 Å². The minimum Gasteiger partial charge on any atom is -0.393 e. The highest BCUT2D eigenvalue weighted by Crippen LogP contribution is 2.30. The molecule has 1 heterocycles. The second kappa shape index (κ2) is 8.12. The molecular formula is C19H36N2O. The molecule has 128 valence electrons. The van der Waals surface area contributed by atoms with Crippen molar-refractivity contribution in [3.63, 3.8) is 0 Å². The number of nitrogens with one attached hydrogen (secondary N) is 1. The minimum atomic E-state index is -0.111. The van der Waals surface area contributed by atoms with Crippen LogP contribution < -0.4 is 5.32 Å². The lowest BCUT2D eigenvalue weighted by Gasteiger charge is -2.43. The zero-order chi connectivity index (χ0) is 15.4. The predicted molar refractivity (Wildman–Crippen MR) is 92.0 cm³/mol.